The molecule has 1 amide bonds. The molecule has 0 aliphatic heterocycles. The van der Waals surface area contributed by atoms with Gasteiger partial charge in [-0.25, -0.2) is 4.98 Å². The minimum Gasteiger partial charge on any atom is -0.326 e. The second-order valence-electron chi connectivity index (χ2n) is 5.54. The fraction of sp³-hybridized carbons (Fsp3) is 0.158. The minimum atomic E-state index is -0.0729. The molecule has 0 bridgehead atoms. The van der Waals surface area contributed by atoms with Gasteiger partial charge in [-0.15, -0.1) is 11.3 Å². The van der Waals surface area contributed by atoms with Crippen molar-refractivity contribution >= 4 is 28.7 Å². The fourth-order valence-corrected chi connectivity index (χ4v) is 3.12. The van der Waals surface area contributed by atoms with Gasteiger partial charge in [-0.3, -0.25) is 14.6 Å². The number of thiazole rings is 1. The van der Waals surface area contributed by atoms with Gasteiger partial charge >= 0.3 is 0 Å². The number of carbonyl (C=O) groups excluding carboxylic acids is 2. The van der Waals surface area contributed by atoms with Gasteiger partial charge in [0.1, 0.15) is 0 Å². The lowest BCUT2D eigenvalue weighted by molar-refractivity contribution is -0.116. The molecule has 126 valence electrons. The Morgan fingerprint density at radius 1 is 1.08 bits per heavy atom. The summed E-state index contributed by atoms with van der Waals surface area (Å²) >= 11 is 1.55. The molecule has 2 aromatic heterocycles. The molecule has 1 aromatic carbocycles. The first-order valence-electron chi connectivity index (χ1n) is 7.87. The summed E-state index contributed by atoms with van der Waals surface area (Å²) in [5.41, 5.74) is 3.24. The van der Waals surface area contributed by atoms with Crippen molar-refractivity contribution in [2.24, 2.45) is 0 Å². The van der Waals surface area contributed by atoms with E-state index in [4.69, 9.17) is 0 Å². The molecule has 3 rings (SSSR count). The molecule has 0 saturated carbocycles. The third-order valence-corrected chi connectivity index (χ3v) is 4.58. The fourth-order valence-electron chi connectivity index (χ4n) is 2.31. The highest BCUT2D eigenvalue weighted by molar-refractivity contribution is 7.09. The molecule has 25 heavy (non-hydrogen) atoms. The summed E-state index contributed by atoms with van der Waals surface area (Å²) in [4.78, 5) is 31.9. The van der Waals surface area contributed by atoms with Crippen molar-refractivity contribution in [2.75, 3.05) is 5.32 Å². The van der Waals surface area contributed by atoms with Crippen LogP contribution in [0.3, 0.4) is 0 Å². The number of Topliss-reactive ketones (excluding diaryl/α,β-unsaturated/α-hetero) is 1. The van der Waals surface area contributed by atoms with Gasteiger partial charge in [0.25, 0.3) is 0 Å². The van der Waals surface area contributed by atoms with Crippen LogP contribution in [0.4, 0.5) is 5.69 Å². The molecule has 0 aliphatic carbocycles. The first-order valence-corrected chi connectivity index (χ1v) is 8.75. The van der Waals surface area contributed by atoms with Gasteiger partial charge in [-0.2, -0.15) is 0 Å². The van der Waals surface area contributed by atoms with E-state index >= 15 is 0 Å². The number of nitrogens with one attached hydrogen (secondary N) is 1. The number of nitrogens with zero attached hydrogens (tertiary/aromatic N) is 2. The molecule has 0 unspecified atom stereocenters. The van der Waals surface area contributed by atoms with Gasteiger partial charge < -0.3 is 5.32 Å². The molecule has 0 saturated heterocycles. The van der Waals surface area contributed by atoms with Crippen LogP contribution in [0.5, 0.6) is 0 Å². The van der Waals surface area contributed by atoms with Gasteiger partial charge in [0, 0.05) is 47.4 Å². The van der Waals surface area contributed by atoms with Gasteiger partial charge in [0.05, 0.1) is 10.7 Å². The number of pyridine rings is 1. The van der Waals surface area contributed by atoms with Gasteiger partial charge in [0.15, 0.2) is 5.78 Å². The molecule has 0 radical (unpaired) electrons. The molecule has 0 atom stereocenters. The van der Waals surface area contributed by atoms with Crippen molar-refractivity contribution in [3.05, 3.63) is 64.7 Å². The Morgan fingerprint density at radius 3 is 2.48 bits per heavy atom. The normalized spacial score (nSPS) is 10.4. The molecular formula is C19H17N3O2S. The lowest BCUT2D eigenvalue weighted by atomic mass is 10.1. The molecular weight excluding hydrogens is 334 g/mol. The number of rotatable bonds is 6. The second-order valence-corrected chi connectivity index (χ2v) is 6.49. The Kier molecular flexibility index (Phi) is 5.30. The Morgan fingerprint density at radius 2 is 1.80 bits per heavy atom. The van der Waals surface area contributed by atoms with Crippen molar-refractivity contribution in [3.63, 3.8) is 0 Å². The Hall–Kier alpha value is -2.86. The monoisotopic (exact) mass is 351 g/mol. The van der Waals surface area contributed by atoms with Crippen LogP contribution < -0.4 is 5.32 Å². The Balaban J connectivity index is 1.54. The standard InChI is InChI=1S/C19H17N3O2S/c1-13(23)14-2-4-16(5-3-14)21-18(24)6-7-19-22-17(12-25-19)15-8-10-20-11-9-15/h2-5,8-12H,6-7H2,1H3,(H,21,24). The lowest BCUT2D eigenvalue weighted by Crippen LogP contribution is -2.12. The molecule has 3 aromatic rings. The third kappa shape index (κ3) is 4.58. The SMILES string of the molecule is CC(=O)c1ccc(NC(=O)CCc2nc(-c3ccncc3)cs2)cc1. The first kappa shape index (κ1) is 17.0. The van der Waals surface area contributed by atoms with Crippen molar-refractivity contribution < 1.29 is 9.59 Å². The van der Waals surface area contributed by atoms with E-state index in [0.717, 1.165) is 16.3 Å². The predicted octanol–water partition coefficient (Wildman–Crippen LogP) is 3.98. The summed E-state index contributed by atoms with van der Waals surface area (Å²) in [6.45, 7) is 1.52. The highest BCUT2D eigenvalue weighted by Crippen LogP contribution is 2.22. The van der Waals surface area contributed by atoms with Crippen molar-refractivity contribution in [1.82, 2.24) is 9.97 Å². The maximum Gasteiger partial charge on any atom is 0.224 e. The van der Waals surface area contributed by atoms with Crippen molar-refractivity contribution in [2.45, 2.75) is 19.8 Å². The molecule has 0 spiro atoms. The number of aromatic nitrogens is 2. The number of hydrogen-bond donors (Lipinski definition) is 1. The van der Waals surface area contributed by atoms with Crippen LogP contribution in [0.25, 0.3) is 11.3 Å². The summed E-state index contributed by atoms with van der Waals surface area (Å²) in [6.07, 6.45) is 4.42. The van der Waals surface area contributed by atoms with Crippen LogP contribution in [0.2, 0.25) is 0 Å². The zero-order valence-corrected chi connectivity index (χ0v) is 14.5. The molecule has 0 fully saturated rings. The van der Waals surface area contributed by atoms with Crippen LogP contribution in [-0.2, 0) is 11.2 Å². The smallest absolute Gasteiger partial charge is 0.224 e. The molecule has 2 heterocycles. The number of hydrogen-bond acceptors (Lipinski definition) is 5. The quantitative estimate of drug-likeness (QED) is 0.682. The van der Waals surface area contributed by atoms with Gasteiger partial charge in [-0.05, 0) is 43.3 Å². The first-order chi connectivity index (χ1) is 12.1. The Bertz CT molecular complexity index is 873. The van der Waals surface area contributed by atoms with Crippen LogP contribution >= 0.6 is 11.3 Å². The van der Waals surface area contributed by atoms with E-state index in [-0.39, 0.29) is 11.7 Å². The van der Waals surface area contributed by atoms with Crippen molar-refractivity contribution in [3.8, 4) is 11.3 Å². The van der Waals surface area contributed by atoms with E-state index in [1.54, 1.807) is 48.0 Å². The third-order valence-electron chi connectivity index (χ3n) is 3.67. The predicted molar refractivity (Wildman–Crippen MR) is 98.7 cm³/mol. The van der Waals surface area contributed by atoms with E-state index in [2.05, 4.69) is 15.3 Å². The van der Waals surface area contributed by atoms with E-state index in [9.17, 15) is 9.59 Å². The molecule has 1 N–H and O–H groups in total. The number of carbonyl (C=O) groups is 2. The zero-order valence-electron chi connectivity index (χ0n) is 13.7. The van der Waals surface area contributed by atoms with E-state index < -0.39 is 0 Å². The average Bonchev–Trinajstić information content (AvgIpc) is 3.10. The maximum absolute atomic E-state index is 12.1. The summed E-state index contributed by atoms with van der Waals surface area (Å²) < 4.78 is 0. The van der Waals surface area contributed by atoms with Gasteiger partial charge in [0.2, 0.25) is 5.91 Å². The van der Waals surface area contributed by atoms with Crippen LogP contribution in [0, 0.1) is 0 Å². The van der Waals surface area contributed by atoms with Crippen LogP contribution in [0.15, 0.2) is 54.2 Å². The van der Waals surface area contributed by atoms with Crippen molar-refractivity contribution in [1.29, 1.82) is 0 Å². The number of amides is 1. The summed E-state index contributed by atoms with van der Waals surface area (Å²) in [7, 11) is 0. The average molecular weight is 351 g/mol. The second kappa shape index (κ2) is 7.81. The summed E-state index contributed by atoms with van der Waals surface area (Å²) in [6, 6.07) is 10.7. The van der Waals surface area contributed by atoms with Gasteiger partial charge in [-0.1, -0.05) is 0 Å². The lowest BCUT2D eigenvalue weighted by Gasteiger charge is -2.05. The Labute approximate surface area is 149 Å². The van der Waals surface area contributed by atoms with Crippen LogP contribution in [0.1, 0.15) is 28.7 Å². The maximum atomic E-state index is 12.1. The highest BCUT2D eigenvalue weighted by Gasteiger charge is 2.08. The number of anilines is 1. The molecule has 0 aliphatic rings. The van der Waals surface area contributed by atoms with E-state index in [1.165, 1.54) is 6.92 Å². The summed E-state index contributed by atoms with van der Waals surface area (Å²) in [5.74, 6) is -0.0668. The largest absolute Gasteiger partial charge is 0.326 e. The zero-order chi connectivity index (χ0) is 17.6. The number of ketones is 1. The summed E-state index contributed by atoms with van der Waals surface area (Å²) in [5, 5.41) is 5.75. The van der Waals surface area contributed by atoms with Crippen LogP contribution in [-0.4, -0.2) is 21.7 Å². The van der Waals surface area contributed by atoms with E-state index in [1.807, 2.05) is 17.5 Å². The minimum absolute atomic E-state index is 0.00616. The molecule has 5 nitrogen and oxygen atoms in total. The highest BCUT2D eigenvalue weighted by atomic mass is 32.1. The topological polar surface area (TPSA) is 72.0 Å². The number of benzene rings is 1. The molecule has 6 heteroatoms. The van der Waals surface area contributed by atoms with E-state index in [0.29, 0.717) is 24.1 Å². The number of aryl methyl sites for hydroxylation is 1.